The van der Waals surface area contributed by atoms with Crippen LogP contribution in [0.1, 0.15) is 46.8 Å². The van der Waals surface area contributed by atoms with Crippen LogP contribution in [-0.2, 0) is 12.2 Å². The van der Waals surface area contributed by atoms with E-state index in [1.807, 2.05) is 36.4 Å². The van der Waals surface area contributed by atoms with Crippen LogP contribution in [-0.4, -0.2) is 5.91 Å². The molecule has 0 saturated carbocycles. The van der Waals surface area contributed by atoms with E-state index in [0.717, 1.165) is 17.9 Å². The standard InChI is InChI=1S/C25H27NOS/c1-3-4-5-20-10-14-23(15-11-20)26-25(27)22-12-8-21(9-13-22)18-28-24-16-6-19(2)7-17-24/h6-17H,3-5,18H2,1-2H3,(H,26,27). The van der Waals surface area contributed by atoms with Gasteiger partial charge >= 0.3 is 0 Å². The predicted octanol–water partition coefficient (Wildman–Crippen LogP) is 6.88. The highest BCUT2D eigenvalue weighted by atomic mass is 32.2. The first-order valence-corrected chi connectivity index (χ1v) is 10.8. The Kier molecular flexibility index (Phi) is 7.32. The molecule has 0 aliphatic carbocycles. The van der Waals surface area contributed by atoms with Crippen molar-refractivity contribution >= 4 is 23.4 Å². The fraction of sp³-hybridized carbons (Fsp3) is 0.240. The number of benzene rings is 3. The topological polar surface area (TPSA) is 29.1 Å². The molecule has 0 radical (unpaired) electrons. The highest BCUT2D eigenvalue weighted by Gasteiger charge is 2.06. The lowest BCUT2D eigenvalue weighted by Crippen LogP contribution is -2.11. The average Bonchev–Trinajstić information content (AvgIpc) is 2.73. The number of rotatable bonds is 8. The van der Waals surface area contributed by atoms with Crippen LogP contribution in [0.4, 0.5) is 5.69 Å². The van der Waals surface area contributed by atoms with Crippen LogP contribution in [0.15, 0.2) is 77.7 Å². The van der Waals surface area contributed by atoms with Gasteiger partial charge in [-0.15, -0.1) is 11.8 Å². The summed E-state index contributed by atoms with van der Waals surface area (Å²) in [4.78, 5) is 13.7. The number of nitrogens with one attached hydrogen (secondary N) is 1. The Labute approximate surface area is 172 Å². The molecule has 144 valence electrons. The first-order chi connectivity index (χ1) is 13.6. The zero-order chi connectivity index (χ0) is 19.8. The highest BCUT2D eigenvalue weighted by Crippen LogP contribution is 2.23. The van der Waals surface area contributed by atoms with Gasteiger partial charge < -0.3 is 5.32 Å². The summed E-state index contributed by atoms with van der Waals surface area (Å²) in [6.45, 7) is 4.29. The molecule has 0 unspecified atom stereocenters. The highest BCUT2D eigenvalue weighted by molar-refractivity contribution is 7.98. The molecule has 0 aliphatic heterocycles. The summed E-state index contributed by atoms with van der Waals surface area (Å²) in [6, 6.07) is 24.6. The molecule has 1 amide bonds. The van der Waals surface area contributed by atoms with Gasteiger partial charge in [0.05, 0.1) is 0 Å². The first-order valence-electron chi connectivity index (χ1n) is 9.83. The predicted molar refractivity (Wildman–Crippen MR) is 120 cm³/mol. The van der Waals surface area contributed by atoms with Crippen LogP contribution >= 0.6 is 11.8 Å². The van der Waals surface area contributed by atoms with Crippen molar-refractivity contribution in [3.63, 3.8) is 0 Å². The fourth-order valence-corrected chi connectivity index (χ4v) is 3.75. The third-order valence-electron chi connectivity index (χ3n) is 4.67. The second-order valence-electron chi connectivity index (χ2n) is 7.05. The molecule has 0 heterocycles. The van der Waals surface area contributed by atoms with Crippen molar-refractivity contribution in [2.24, 2.45) is 0 Å². The van der Waals surface area contributed by atoms with Crippen molar-refractivity contribution in [2.45, 2.75) is 43.8 Å². The number of amides is 1. The van der Waals surface area contributed by atoms with Crippen molar-refractivity contribution in [1.29, 1.82) is 0 Å². The number of carbonyl (C=O) groups is 1. The lowest BCUT2D eigenvalue weighted by Gasteiger charge is -2.08. The van der Waals surface area contributed by atoms with Crippen molar-refractivity contribution in [3.05, 3.63) is 95.1 Å². The Hall–Kier alpha value is -2.52. The van der Waals surface area contributed by atoms with Gasteiger partial charge in [-0.1, -0.05) is 55.3 Å². The van der Waals surface area contributed by atoms with Gasteiger partial charge in [0.25, 0.3) is 5.91 Å². The summed E-state index contributed by atoms with van der Waals surface area (Å²) in [5.41, 5.74) is 5.32. The number of carbonyl (C=O) groups excluding carboxylic acids is 1. The van der Waals surface area contributed by atoms with Crippen LogP contribution in [0.3, 0.4) is 0 Å². The second-order valence-corrected chi connectivity index (χ2v) is 8.10. The zero-order valence-electron chi connectivity index (χ0n) is 16.6. The van der Waals surface area contributed by atoms with Crippen molar-refractivity contribution in [3.8, 4) is 0 Å². The molecular formula is C25H27NOS. The van der Waals surface area contributed by atoms with E-state index in [9.17, 15) is 4.79 Å². The van der Waals surface area contributed by atoms with E-state index < -0.39 is 0 Å². The number of hydrogen-bond donors (Lipinski definition) is 1. The second kappa shape index (κ2) is 10.1. The van der Waals surface area contributed by atoms with E-state index in [-0.39, 0.29) is 5.91 Å². The van der Waals surface area contributed by atoms with Gasteiger partial charge in [-0.25, -0.2) is 0 Å². The van der Waals surface area contributed by atoms with Crippen molar-refractivity contribution < 1.29 is 4.79 Å². The molecule has 3 aromatic carbocycles. The Morgan fingerprint density at radius 3 is 2.14 bits per heavy atom. The number of aryl methyl sites for hydroxylation is 2. The summed E-state index contributed by atoms with van der Waals surface area (Å²) in [5, 5.41) is 2.98. The van der Waals surface area contributed by atoms with Gasteiger partial charge in [0.1, 0.15) is 0 Å². The Morgan fingerprint density at radius 2 is 1.50 bits per heavy atom. The largest absolute Gasteiger partial charge is 0.322 e. The summed E-state index contributed by atoms with van der Waals surface area (Å²) < 4.78 is 0. The summed E-state index contributed by atoms with van der Waals surface area (Å²) >= 11 is 1.81. The zero-order valence-corrected chi connectivity index (χ0v) is 17.4. The molecule has 0 bridgehead atoms. The summed E-state index contributed by atoms with van der Waals surface area (Å²) in [7, 11) is 0. The molecule has 0 fully saturated rings. The number of hydrogen-bond acceptors (Lipinski definition) is 2. The molecule has 0 aromatic heterocycles. The molecular weight excluding hydrogens is 362 g/mol. The minimum Gasteiger partial charge on any atom is -0.322 e. The van der Waals surface area contributed by atoms with Gasteiger partial charge in [0.15, 0.2) is 0 Å². The third-order valence-corrected chi connectivity index (χ3v) is 5.76. The van der Waals surface area contributed by atoms with Crippen molar-refractivity contribution in [2.75, 3.05) is 5.32 Å². The fourth-order valence-electron chi connectivity index (χ4n) is 2.89. The first kappa shape index (κ1) is 20.2. The normalized spacial score (nSPS) is 10.6. The number of anilines is 1. The SMILES string of the molecule is CCCCc1ccc(NC(=O)c2ccc(CSc3ccc(C)cc3)cc2)cc1. The van der Waals surface area contributed by atoms with Crippen LogP contribution in [0.2, 0.25) is 0 Å². The number of unbranched alkanes of at least 4 members (excludes halogenated alkanes) is 1. The smallest absolute Gasteiger partial charge is 0.255 e. The minimum atomic E-state index is -0.0703. The summed E-state index contributed by atoms with van der Waals surface area (Å²) in [5.74, 6) is 0.823. The van der Waals surface area contributed by atoms with E-state index in [1.54, 1.807) is 11.8 Å². The van der Waals surface area contributed by atoms with Crippen molar-refractivity contribution in [1.82, 2.24) is 0 Å². The van der Waals surface area contributed by atoms with Gasteiger partial charge in [-0.05, 0) is 67.3 Å². The van der Waals surface area contributed by atoms with Crippen LogP contribution in [0.5, 0.6) is 0 Å². The van der Waals surface area contributed by atoms with E-state index >= 15 is 0 Å². The quantitative estimate of drug-likeness (QED) is 0.425. The van der Waals surface area contributed by atoms with Crippen LogP contribution in [0, 0.1) is 6.92 Å². The van der Waals surface area contributed by atoms with Gasteiger partial charge in [-0.3, -0.25) is 4.79 Å². The lowest BCUT2D eigenvalue weighted by molar-refractivity contribution is 0.102. The average molecular weight is 390 g/mol. The maximum absolute atomic E-state index is 12.5. The summed E-state index contributed by atoms with van der Waals surface area (Å²) in [6.07, 6.45) is 3.48. The molecule has 0 aliphatic rings. The molecule has 3 aromatic rings. The maximum atomic E-state index is 12.5. The van der Waals surface area contributed by atoms with E-state index in [0.29, 0.717) is 5.56 Å². The maximum Gasteiger partial charge on any atom is 0.255 e. The van der Waals surface area contributed by atoms with E-state index in [4.69, 9.17) is 0 Å². The minimum absolute atomic E-state index is 0.0703. The molecule has 0 atom stereocenters. The Bertz CT molecular complexity index is 883. The molecule has 3 rings (SSSR count). The Balaban J connectivity index is 1.53. The van der Waals surface area contributed by atoms with Gasteiger partial charge in [-0.2, -0.15) is 0 Å². The molecule has 28 heavy (non-hydrogen) atoms. The van der Waals surface area contributed by atoms with Gasteiger partial charge in [0, 0.05) is 21.9 Å². The molecule has 0 spiro atoms. The molecule has 3 heteroatoms. The van der Waals surface area contributed by atoms with Crippen LogP contribution < -0.4 is 5.32 Å². The van der Waals surface area contributed by atoms with E-state index in [1.165, 1.54) is 34.4 Å². The molecule has 1 N–H and O–H groups in total. The van der Waals surface area contributed by atoms with E-state index in [2.05, 4.69) is 55.6 Å². The lowest BCUT2D eigenvalue weighted by atomic mass is 10.1. The molecule has 2 nitrogen and oxygen atoms in total. The Morgan fingerprint density at radius 1 is 0.857 bits per heavy atom. The van der Waals surface area contributed by atoms with Crippen LogP contribution in [0.25, 0.3) is 0 Å². The van der Waals surface area contributed by atoms with Gasteiger partial charge in [0.2, 0.25) is 0 Å². The number of thioether (sulfide) groups is 1. The monoisotopic (exact) mass is 389 g/mol. The third kappa shape index (κ3) is 6.00. The molecule has 0 saturated heterocycles.